The Kier molecular flexibility index (Phi) is 5.24. The molecule has 128 valence electrons. The van der Waals surface area contributed by atoms with Gasteiger partial charge in [0.05, 0.1) is 12.5 Å². The molecule has 2 aromatic carbocycles. The predicted octanol–water partition coefficient (Wildman–Crippen LogP) is 4.31. The second-order valence-electron chi connectivity index (χ2n) is 5.87. The van der Waals surface area contributed by atoms with Crippen LogP contribution in [0.4, 0.5) is 5.69 Å². The van der Waals surface area contributed by atoms with Crippen LogP contribution in [0.5, 0.6) is 0 Å². The summed E-state index contributed by atoms with van der Waals surface area (Å²) in [6, 6.07) is 15.3. The van der Waals surface area contributed by atoms with Gasteiger partial charge in [0, 0.05) is 23.7 Å². The van der Waals surface area contributed by atoms with Crippen molar-refractivity contribution >= 4 is 35.3 Å². The molecule has 1 aliphatic heterocycles. The number of benzene rings is 2. The van der Waals surface area contributed by atoms with E-state index in [0.29, 0.717) is 0 Å². The molecule has 0 unspecified atom stereocenters. The third-order valence-corrected chi connectivity index (χ3v) is 4.97. The van der Waals surface area contributed by atoms with Gasteiger partial charge in [-0.05, 0) is 47.7 Å². The second kappa shape index (κ2) is 7.57. The summed E-state index contributed by atoms with van der Waals surface area (Å²) >= 11 is 1.66. The van der Waals surface area contributed by atoms with Gasteiger partial charge >= 0.3 is 0 Å². The first kappa shape index (κ1) is 17.3. The van der Waals surface area contributed by atoms with Crippen molar-refractivity contribution in [2.45, 2.75) is 24.3 Å². The van der Waals surface area contributed by atoms with Crippen LogP contribution >= 0.6 is 11.8 Å². The fourth-order valence-electron chi connectivity index (χ4n) is 2.98. The molecule has 25 heavy (non-hydrogen) atoms. The summed E-state index contributed by atoms with van der Waals surface area (Å²) in [5.74, 6) is -0.189. The monoisotopic (exact) mass is 352 g/mol. The van der Waals surface area contributed by atoms with Crippen LogP contribution < -0.4 is 5.32 Å². The van der Waals surface area contributed by atoms with Gasteiger partial charge in [-0.15, -0.1) is 11.8 Å². The number of hydrogen-bond acceptors (Lipinski definition) is 3. The molecule has 0 aliphatic carbocycles. The summed E-state index contributed by atoms with van der Waals surface area (Å²) in [5.41, 5.74) is 2.80. The third-order valence-electron chi connectivity index (χ3n) is 4.22. The Morgan fingerprint density at radius 1 is 1.12 bits per heavy atom. The zero-order valence-corrected chi connectivity index (χ0v) is 15.0. The number of fused-ring (bicyclic) bond motifs is 1. The minimum absolute atomic E-state index is 0.0760. The molecule has 1 heterocycles. The van der Waals surface area contributed by atoms with Crippen molar-refractivity contribution < 1.29 is 9.59 Å². The van der Waals surface area contributed by atoms with Gasteiger partial charge in [0.15, 0.2) is 0 Å². The van der Waals surface area contributed by atoms with Gasteiger partial charge in [0.2, 0.25) is 11.8 Å². The van der Waals surface area contributed by atoms with Gasteiger partial charge in [0.25, 0.3) is 0 Å². The maximum atomic E-state index is 12.5. The molecule has 0 spiro atoms. The molecule has 0 aromatic heterocycles. The number of hydrogen-bond donors (Lipinski definition) is 1. The zero-order chi connectivity index (χ0) is 17.8. The highest BCUT2D eigenvalue weighted by atomic mass is 32.2. The molecule has 2 amide bonds. The molecule has 0 saturated heterocycles. The number of amides is 2. The molecular formula is C20H20N2O2S. The van der Waals surface area contributed by atoms with Crippen LogP contribution in [0.3, 0.4) is 0 Å². The maximum Gasteiger partial charge on any atom is 0.226 e. The Hall–Kier alpha value is -2.53. The summed E-state index contributed by atoms with van der Waals surface area (Å²) < 4.78 is 0. The topological polar surface area (TPSA) is 49.4 Å². The summed E-state index contributed by atoms with van der Waals surface area (Å²) in [7, 11) is 0. The minimum Gasteiger partial charge on any atom is -0.326 e. The molecule has 0 fully saturated rings. The zero-order valence-electron chi connectivity index (χ0n) is 14.2. The second-order valence-corrected chi connectivity index (χ2v) is 6.75. The lowest BCUT2D eigenvalue weighted by atomic mass is 9.93. The van der Waals surface area contributed by atoms with E-state index in [0.717, 1.165) is 21.7 Å². The van der Waals surface area contributed by atoms with Crippen LogP contribution in [0, 0.1) is 0 Å². The van der Waals surface area contributed by atoms with Crippen LogP contribution in [0.15, 0.2) is 59.6 Å². The van der Waals surface area contributed by atoms with Gasteiger partial charge < -0.3 is 10.2 Å². The lowest BCUT2D eigenvalue weighted by Gasteiger charge is -2.32. The van der Waals surface area contributed by atoms with Crippen molar-refractivity contribution in [1.29, 1.82) is 0 Å². The Morgan fingerprint density at radius 2 is 1.84 bits per heavy atom. The lowest BCUT2D eigenvalue weighted by Crippen LogP contribution is -2.33. The van der Waals surface area contributed by atoms with Crippen LogP contribution in [-0.2, 0) is 9.59 Å². The van der Waals surface area contributed by atoms with Crippen molar-refractivity contribution in [3.05, 3.63) is 65.9 Å². The summed E-state index contributed by atoms with van der Waals surface area (Å²) in [4.78, 5) is 27.3. The van der Waals surface area contributed by atoms with Gasteiger partial charge in [-0.2, -0.15) is 0 Å². The molecule has 0 radical (unpaired) electrons. The fraction of sp³-hybridized carbons (Fsp3) is 0.200. The summed E-state index contributed by atoms with van der Waals surface area (Å²) in [6.45, 7) is 1.52. The number of rotatable bonds is 4. The predicted molar refractivity (Wildman–Crippen MR) is 102 cm³/mol. The quantitative estimate of drug-likeness (QED) is 0.834. The SMILES string of the molecule is CSc1ccc(NC(=O)C[C@H]2c3ccccc3C=CN2C(C)=O)cc1. The minimum atomic E-state index is -0.288. The number of carbonyl (C=O) groups is 2. The Morgan fingerprint density at radius 3 is 2.52 bits per heavy atom. The van der Waals surface area contributed by atoms with E-state index in [1.165, 1.54) is 6.92 Å². The largest absolute Gasteiger partial charge is 0.326 e. The first-order chi connectivity index (χ1) is 12.1. The molecule has 0 bridgehead atoms. The fourth-order valence-corrected chi connectivity index (χ4v) is 3.38. The number of anilines is 1. The average Bonchev–Trinajstić information content (AvgIpc) is 2.62. The van der Waals surface area contributed by atoms with E-state index < -0.39 is 0 Å². The van der Waals surface area contributed by atoms with Gasteiger partial charge in [-0.3, -0.25) is 9.59 Å². The van der Waals surface area contributed by atoms with E-state index in [-0.39, 0.29) is 24.3 Å². The molecule has 3 rings (SSSR count). The summed E-state index contributed by atoms with van der Waals surface area (Å²) in [6.07, 6.45) is 5.89. The Balaban J connectivity index is 1.77. The van der Waals surface area contributed by atoms with E-state index >= 15 is 0 Å². The number of carbonyl (C=O) groups excluding carboxylic acids is 2. The highest BCUT2D eigenvalue weighted by Crippen LogP contribution is 2.33. The molecule has 1 aliphatic rings. The van der Waals surface area contributed by atoms with E-state index in [1.54, 1.807) is 22.9 Å². The van der Waals surface area contributed by atoms with Gasteiger partial charge in [0.1, 0.15) is 0 Å². The number of nitrogens with zero attached hydrogens (tertiary/aromatic N) is 1. The molecule has 4 nitrogen and oxygen atoms in total. The molecule has 0 saturated carbocycles. The molecule has 1 N–H and O–H groups in total. The van der Waals surface area contributed by atoms with Crippen LogP contribution in [0.1, 0.15) is 30.5 Å². The Bertz CT molecular complexity index is 815. The van der Waals surface area contributed by atoms with Crippen molar-refractivity contribution in [2.24, 2.45) is 0 Å². The normalized spacial score (nSPS) is 15.6. The van der Waals surface area contributed by atoms with E-state index in [1.807, 2.05) is 60.9 Å². The first-order valence-corrected chi connectivity index (χ1v) is 9.31. The Labute approximate surface area is 151 Å². The first-order valence-electron chi connectivity index (χ1n) is 8.08. The smallest absolute Gasteiger partial charge is 0.226 e. The van der Waals surface area contributed by atoms with Crippen molar-refractivity contribution in [3.8, 4) is 0 Å². The van der Waals surface area contributed by atoms with Gasteiger partial charge in [-0.25, -0.2) is 0 Å². The van der Waals surface area contributed by atoms with Crippen molar-refractivity contribution in [3.63, 3.8) is 0 Å². The molecule has 5 heteroatoms. The number of nitrogens with one attached hydrogen (secondary N) is 1. The molecule has 2 aromatic rings. The van der Waals surface area contributed by atoms with E-state index in [4.69, 9.17) is 0 Å². The highest BCUT2D eigenvalue weighted by molar-refractivity contribution is 7.98. The van der Waals surface area contributed by atoms with Crippen molar-refractivity contribution in [1.82, 2.24) is 4.90 Å². The van der Waals surface area contributed by atoms with Crippen LogP contribution in [0.25, 0.3) is 6.08 Å². The number of thioether (sulfide) groups is 1. The lowest BCUT2D eigenvalue weighted by molar-refractivity contribution is -0.129. The van der Waals surface area contributed by atoms with Crippen LogP contribution in [0.2, 0.25) is 0 Å². The highest BCUT2D eigenvalue weighted by Gasteiger charge is 2.28. The molecular weight excluding hydrogens is 332 g/mol. The van der Waals surface area contributed by atoms with Gasteiger partial charge in [-0.1, -0.05) is 24.3 Å². The van der Waals surface area contributed by atoms with Crippen molar-refractivity contribution in [2.75, 3.05) is 11.6 Å². The molecule has 1 atom stereocenters. The third kappa shape index (κ3) is 3.94. The standard InChI is InChI=1S/C20H20N2O2S/c1-14(23)22-12-11-15-5-3-4-6-18(15)19(22)13-20(24)21-16-7-9-17(25-2)10-8-16/h3-12,19H,13H2,1-2H3,(H,21,24)/t19-/m0/s1. The van der Waals surface area contributed by atoms with E-state index in [2.05, 4.69) is 5.32 Å². The maximum absolute atomic E-state index is 12.5. The summed E-state index contributed by atoms with van der Waals surface area (Å²) in [5, 5.41) is 2.92. The average molecular weight is 352 g/mol. The van der Waals surface area contributed by atoms with Crippen LogP contribution in [-0.4, -0.2) is 23.0 Å². The van der Waals surface area contributed by atoms with E-state index in [9.17, 15) is 9.59 Å².